The summed E-state index contributed by atoms with van der Waals surface area (Å²) in [6.07, 6.45) is -0.620. The Morgan fingerprint density at radius 2 is 2.00 bits per heavy atom. The summed E-state index contributed by atoms with van der Waals surface area (Å²) >= 11 is 3.58. The third-order valence-corrected chi connectivity index (χ3v) is 4.05. The number of hydrogen-bond donors (Lipinski definition) is 2. The van der Waals surface area contributed by atoms with Gasteiger partial charge in [0.15, 0.2) is 0 Å². The van der Waals surface area contributed by atoms with E-state index < -0.39 is 6.10 Å². The average molecular weight is 308 g/mol. The van der Waals surface area contributed by atoms with Crippen molar-refractivity contribution in [3.8, 4) is 5.75 Å². The maximum absolute atomic E-state index is 9.75. The molecule has 2 aromatic carbocycles. The largest absolute Gasteiger partial charge is 0.485 e. The Morgan fingerprint density at radius 3 is 2.78 bits per heavy atom. The summed E-state index contributed by atoms with van der Waals surface area (Å²) < 4.78 is 6.81. The predicted molar refractivity (Wildman–Crippen MR) is 74.9 cm³/mol. The lowest BCUT2D eigenvalue weighted by Gasteiger charge is -2.18. The smallest absolute Gasteiger partial charge is 0.138 e. The zero-order chi connectivity index (χ0) is 12.5. The number of aliphatic hydroxyl groups excluding tert-OH is 1. The summed E-state index contributed by atoms with van der Waals surface area (Å²) in [5.41, 5.74) is 0. The maximum atomic E-state index is 9.75. The highest BCUT2D eigenvalue weighted by Gasteiger charge is 2.27. The summed E-state index contributed by atoms with van der Waals surface area (Å²) in [5, 5.41) is 15.1. The van der Waals surface area contributed by atoms with Gasteiger partial charge in [0.1, 0.15) is 18.0 Å². The molecule has 1 saturated heterocycles. The van der Waals surface area contributed by atoms with E-state index in [4.69, 9.17) is 4.74 Å². The fourth-order valence-corrected chi connectivity index (χ4v) is 2.82. The van der Waals surface area contributed by atoms with Crippen LogP contribution in [0.5, 0.6) is 5.75 Å². The molecule has 4 heteroatoms. The minimum absolute atomic E-state index is 0.178. The molecule has 2 N–H and O–H groups in total. The molecule has 0 aromatic heterocycles. The van der Waals surface area contributed by atoms with E-state index >= 15 is 0 Å². The highest BCUT2D eigenvalue weighted by atomic mass is 79.9. The number of benzene rings is 2. The SMILES string of the molecule is O[C@H]1CNC[C@@H]1Oc1ccc2ccccc2c1Br. The molecule has 0 saturated carbocycles. The number of aliphatic hydroxyl groups is 1. The normalized spacial score (nSPS) is 23.4. The van der Waals surface area contributed by atoms with Crippen LogP contribution in [0, 0.1) is 0 Å². The van der Waals surface area contributed by atoms with E-state index in [0.717, 1.165) is 15.6 Å². The van der Waals surface area contributed by atoms with Crippen molar-refractivity contribution in [2.45, 2.75) is 12.2 Å². The third kappa shape index (κ3) is 2.11. The second-order valence-electron chi connectivity index (χ2n) is 4.48. The van der Waals surface area contributed by atoms with Crippen LogP contribution < -0.4 is 10.1 Å². The van der Waals surface area contributed by atoms with Crippen LogP contribution in [0.2, 0.25) is 0 Å². The molecule has 0 unspecified atom stereocenters. The Labute approximate surface area is 114 Å². The van der Waals surface area contributed by atoms with Crippen molar-refractivity contribution < 1.29 is 9.84 Å². The molecule has 0 aliphatic carbocycles. The first-order valence-corrected chi connectivity index (χ1v) is 6.77. The molecular formula is C14H14BrNO2. The van der Waals surface area contributed by atoms with E-state index in [0.29, 0.717) is 13.1 Å². The van der Waals surface area contributed by atoms with Crippen LogP contribution in [-0.2, 0) is 0 Å². The average Bonchev–Trinajstić information content (AvgIpc) is 2.79. The van der Waals surface area contributed by atoms with Crippen LogP contribution in [0.25, 0.3) is 10.8 Å². The van der Waals surface area contributed by atoms with Crippen molar-refractivity contribution in [3.63, 3.8) is 0 Å². The lowest BCUT2D eigenvalue weighted by Crippen LogP contribution is -2.29. The molecule has 3 nitrogen and oxygen atoms in total. The van der Waals surface area contributed by atoms with Gasteiger partial charge in [-0.05, 0) is 32.8 Å². The van der Waals surface area contributed by atoms with Crippen LogP contribution in [0.3, 0.4) is 0 Å². The summed E-state index contributed by atoms with van der Waals surface area (Å²) in [5.74, 6) is 0.779. The highest BCUT2D eigenvalue weighted by Crippen LogP contribution is 2.34. The number of rotatable bonds is 2. The molecule has 18 heavy (non-hydrogen) atoms. The van der Waals surface area contributed by atoms with Crippen molar-refractivity contribution >= 4 is 26.7 Å². The number of hydrogen-bond acceptors (Lipinski definition) is 3. The van der Waals surface area contributed by atoms with Gasteiger partial charge in [-0.25, -0.2) is 0 Å². The number of halogens is 1. The first-order chi connectivity index (χ1) is 8.75. The Bertz CT molecular complexity index is 573. The maximum Gasteiger partial charge on any atom is 0.138 e. The van der Waals surface area contributed by atoms with E-state index in [9.17, 15) is 5.11 Å². The zero-order valence-electron chi connectivity index (χ0n) is 9.77. The Kier molecular flexibility index (Phi) is 3.24. The number of nitrogens with one attached hydrogen (secondary N) is 1. The lowest BCUT2D eigenvalue weighted by molar-refractivity contribution is 0.0734. The van der Waals surface area contributed by atoms with E-state index in [1.165, 1.54) is 5.39 Å². The van der Waals surface area contributed by atoms with Gasteiger partial charge >= 0.3 is 0 Å². The van der Waals surface area contributed by atoms with Crippen molar-refractivity contribution in [1.82, 2.24) is 5.32 Å². The molecule has 1 aliphatic heterocycles. The van der Waals surface area contributed by atoms with Gasteiger partial charge in [-0.3, -0.25) is 0 Å². The highest BCUT2D eigenvalue weighted by molar-refractivity contribution is 9.10. The summed E-state index contributed by atoms with van der Waals surface area (Å²) in [6, 6.07) is 12.1. The van der Waals surface area contributed by atoms with E-state index in [-0.39, 0.29) is 6.10 Å². The fraction of sp³-hybridized carbons (Fsp3) is 0.286. The second kappa shape index (κ2) is 4.88. The van der Waals surface area contributed by atoms with Gasteiger partial charge in [-0.2, -0.15) is 0 Å². The number of ether oxygens (including phenoxy) is 1. The lowest BCUT2D eigenvalue weighted by atomic mass is 10.1. The fourth-order valence-electron chi connectivity index (χ4n) is 2.23. The van der Waals surface area contributed by atoms with Crippen LogP contribution in [-0.4, -0.2) is 30.4 Å². The Balaban J connectivity index is 1.95. The minimum Gasteiger partial charge on any atom is -0.485 e. The van der Waals surface area contributed by atoms with Crippen LogP contribution in [0.1, 0.15) is 0 Å². The summed E-state index contributed by atoms with van der Waals surface area (Å²) in [6.45, 7) is 1.27. The predicted octanol–water partition coefficient (Wildman–Crippen LogP) is 2.31. The van der Waals surface area contributed by atoms with Crippen molar-refractivity contribution in [1.29, 1.82) is 0 Å². The van der Waals surface area contributed by atoms with Gasteiger partial charge in [0.25, 0.3) is 0 Å². The van der Waals surface area contributed by atoms with Crippen LogP contribution in [0.4, 0.5) is 0 Å². The first-order valence-electron chi connectivity index (χ1n) is 5.98. The van der Waals surface area contributed by atoms with Crippen molar-refractivity contribution in [2.24, 2.45) is 0 Å². The molecule has 2 aromatic rings. The molecule has 2 atom stereocenters. The topological polar surface area (TPSA) is 41.5 Å². The molecule has 0 amide bonds. The zero-order valence-corrected chi connectivity index (χ0v) is 11.4. The Hall–Kier alpha value is -1.10. The van der Waals surface area contributed by atoms with Crippen molar-refractivity contribution in [3.05, 3.63) is 40.9 Å². The van der Waals surface area contributed by atoms with Gasteiger partial charge in [-0.1, -0.05) is 30.3 Å². The van der Waals surface area contributed by atoms with E-state index in [1.54, 1.807) is 0 Å². The second-order valence-corrected chi connectivity index (χ2v) is 5.27. The molecular weight excluding hydrogens is 294 g/mol. The molecule has 0 spiro atoms. The van der Waals surface area contributed by atoms with E-state index in [2.05, 4.69) is 33.4 Å². The van der Waals surface area contributed by atoms with Gasteiger partial charge in [0, 0.05) is 13.1 Å². The quantitative estimate of drug-likeness (QED) is 0.894. The molecule has 0 bridgehead atoms. The van der Waals surface area contributed by atoms with Gasteiger partial charge < -0.3 is 15.2 Å². The van der Waals surface area contributed by atoms with Gasteiger partial charge in [0.05, 0.1) is 4.47 Å². The molecule has 94 valence electrons. The van der Waals surface area contributed by atoms with E-state index in [1.807, 2.05) is 24.3 Å². The third-order valence-electron chi connectivity index (χ3n) is 3.23. The van der Waals surface area contributed by atoms with Crippen LogP contribution in [0.15, 0.2) is 40.9 Å². The first kappa shape index (κ1) is 12.0. The van der Waals surface area contributed by atoms with Gasteiger partial charge in [0.2, 0.25) is 0 Å². The molecule has 1 aliphatic rings. The Morgan fingerprint density at radius 1 is 1.17 bits per heavy atom. The summed E-state index contributed by atoms with van der Waals surface area (Å²) in [7, 11) is 0. The number of fused-ring (bicyclic) bond motifs is 1. The standard InChI is InChI=1S/C14H14BrNO2/c15-14-10-4-2-1-3-9(10)5-6-12(14)18-13-8-16-7-11(13)17/h1-6,11,13,16-17H,7-8H2/t11-,13-/m0/s1. The molecule has 3 rings (SSSR count). The molecule has 1 heterocycles. The minimum atomic E-state index is -0.441. The monoisotopic (exact) mass is 307 g/mol. The summed E-state index contributed by atoms with van der Waals surface area (Å²) in [4.78, 5) is 0. The number of β-amino-alcohol motifs (C(OH)–C–C–N with tert-alkyl or cyclic N) is 1. The van der Waals surface area contributed by atoms with Crippen LogP contribution >= 0.6 is 15.9 Å². The molecule has 1 fully saturated rings. The molecule has 0 radical (unpaired) electrons. The van der Waals surface area contributed by atoms with Gasteiger partial charge in [-0.15, -0.1) is 0 Å². The van der Waals surface area contributed by atoms with Crippen molar-refractivity contribution in [2.75, 3.05) is 13.1 Å².